The molecule has 0 bridgehead atoms. The van der Waals surface area contributed by atoms with Gasteiger partial charge in [-0.05, 0) is 19.8 Å². The minimum atomic E-state index is -0.0993. The molecule has 1 unspecified atom stereocenters. The van der Waals surface area contributed by atoms with Crippen molar-refractivity contribution < 1.29 is 4.79 Å². The molecule has 26 heavy (non-hydrogen) atoms. The first-order chi connectivity index (χ1) is 12.7. The highest BCUT2D eigenvalue weighted by Crippen LogP contribution is 2.24. The third-order valence-corrected chi connectivity index (χ3v) is 5.13. The Labute approximate surface area is 154 Å². The van der Waals surface area contributed by atoms with Crippen LogP contribution >= 0.6 is 11.3 Å². The van der Waals surface area contributed by atoms with Gasteiger partial charge >= 0.3 is 0 Å². The van der Waals surface area contributed by atoms with Crippen molar-refractivity contribution in [3.8, 4) is 5.82 Å². The van der Waals surface area contributed by atoms with Crippen LogP contribution in [-0.4, -0.2) is 48.7 Å². The number of hydrogen-bond donors (Lipinski definition) is 1. The fourth-order valence-electron chi connectivity index (χ4n) is 2.98. The predicted octanol–water partition coefficient (Wildman–Crippen LogP) is 1.68. The molecule has 3 aromatic rings. The van der Waals surface area contributed by atoms with E-state index < -0.39 is 0 Å². The molecule has 1 saturated heterocycles. The number of amides is 1. The monoisotopic (exact) mass is 370 g/mol. The lowest BCUT2D eigenvalue weighted by atomic mass is 9.97. The van der Waals surface area contributed by atoms with E-state index in [1.165, 1.54) is 24.0 Å². The van der Waals surface area contributed by atoms with Crippen molar-refractivity contribution in [1.82, 2.24) is 29.7 Å². The quantitative estimate of drug-likeness (QED) is 0.745. The fraction of sp³-hybridized carbons (Fsp3) is 0.375. The molecular formula is C16H18N8OS. The molecule has 1 aliphatic heterocycles. The molecule has 1 fully saturated rings. The zero-order valence-electron chi connectivity index (χ0n) is 14.2. The minimum Gasteiger partial charge on any atom is -0.356 e. The molecule has 1 aliphatic rings. The normalized spacial score (nSPS) is 17.3. The highest BCUT2D eigenvalue weighted by molar-refractivity contribution is 7.13. The van der Waals surface area contributed by atoms with Crippen LogP contribution in [0, 0.1) is 12.8 Å². The summed E-state index contributed by atoms with van der Waals surface area (Å²) >= 11 is 1.45. The molecule has 1 amide bonds. The molecule has 1 atom stereocenters. The summed E-state index contributed by atoms with van der Waals surface area (Å²) in [6, 6.07) is 1.86. The van der Waals surface area contributed by atoms with Crippen LogP contribution in [0.15, 0.2) is 30.4 Å². The van der Waals surface area contributed by atoms with E-state index in [0.29, 0.717) is 17.5 Å². The summed E-state index contributed by atoms with van der Waals surface area (Å²) in [6.45, 7) is 3.38. The lowest BCUT2D eigenvalue weighted by Gasteiger charge is -2.32. The lowest BCUT2D eigenvalue weighted by Crippen LogP contribution is -2.41. The first-order valence-electron chi connectivity index (χ1n) is 8.34. The third-order valence-electron chi connectivity index (χ3n) is 4.26. The molecule has 0 radical (unpaired) electrons. The van der Waals surface area contributed by atoms with Crippen LogP contribution in [0.1, 0.15) is 18.5 Å². The van der Waals surface area contributed by atoms with E-state index in [1.54, 1.807) is 11.0 Å². The van der Waals surface area contributed by atoms with E-state index in [4.69, 9.17) is 0 Å². The van der Waals surface area contributed by atoms with Gasteiger partial charge in [0.15, 0.2) is 10.9 Å². The van der Waals surface area contributed by atoms with E-state index in [1.807, 2.05) is 18.4 Å². The largest absolute Gasteiger partial charge is 0.356 e. The summed E-state index contributed by atoms with van der Waals surface area (Å²) in [7, 11) is 0. The second-order valence-electron chi connectivity index (χ2n) is 6.14. The molecule has 0 aromatic carbocycles. The van der Waals surface area contributed by atoms with E-state index in [0.717, 1.165) is 30.9 Å². The van der Waals surface area contributed by atoms with Crippen molar-refractivity contribution in [2.75, 3.05) is 23.3 Å². The van der Waals surface area contributed by atoms with Gasteiger partial charge in [0, 0.05) is 24.5 Å². The number of rotatable bonds is 4. The number of hydrogen-bond acceptors (Lipinski definition) is 8. The van der Waals surface area contributed by atoms with Crippen molar-refractivity contribution in [3.05, 3.63) is 36.1 Å². The van der Waals surface area contributed by atoms with E-state index in [9.17, 15) is 4.79 Å². The average Bonchev–Trinajstić information content (AvgIpc) is 3.34. The van der Waals surface area contributed by atoms with Crippen LogP contribution in [0.2, 0.25) is 0 Å². The van der Waals surface area contributed by atoms with Crippen LogP contribution in [0.3, 0.4) is 0 Å². The Morgan fingerprint density at radius 1 is 1.31 bits per heavy atom. The topological polar surface area (TPSA) is 102 Å². The molecule has 10 heteroatoms. The molecule has 0 aliphatic carbocycles. The van der Waals surface area contributed by atoms with Crippen LogP contribution in [0.5, 0.6) is 0 Å². The van der Waals surface area contributed by atoms with Gasteiger partial charge in [-0.3, -0.25) is 4.79 Å². The molecule has 134 valence electrons. The van der Waals surface area contributed by atoms with Gasteiger partial charge in [0.05, 0.1) is 11.6 Å². The zero-order valence-corrected chi connectivity index (χ0v) is 15.1. The molecule has 9 nitrogen and oxygen atoms in total. The summed E-state index contributed by atoms with van der Waals surface area (Å²) < 4.78 is 1.59. The van der Waals surface area contributed by atoms with Crippen molar-refractivity contribution in [2.24, 2.45) is 5.92 Å². The molecular weight excluding hydrogens is 352 g/mol. The Morgan fingerprint density at radius 3 is 2.96 bits per heavy atom. The Balaban J connectivity index is 1.46. The number of aromatic nitrogens is 6. The van der Waals surface area contributed by atoms with Crippen molar-refractivity contribution in [2.45, 2.75) is 19.8 Å². The molecule has 4 heterocycles. The Kier molecular flexibility index (Phi) is 4.57. The second-order valence-corrected chi connectivity index (χ2v) is 7.00. The molecule has 4 rings (SSSR count). The Morgan fingerprint density at radius 2 is 2.19 bits per heavy atom. The van der Waals surface area contributed by atoms with Crippen LogP contribution in [0.4, 0.5) is 10.9 Å². The van der Waals surface area contributed by atoms with E-state index in [2.05, 4.69) is 35.3 Å². The van der Waals surface area contributed by atoms with Crippen molar-refractivity contribution in [3.63, 3.8) is 0 Å². The summed E-state index contributed by atoms with van der Waals surface area (Å²) in [5, 5.41) is 9.60. The Bertz CT molecular complexity index is 893. The number of piperidine rings is 1. The third kappa shape index (κ3) is 3.54. The summed E-state index contributed by atoms with van der Waals surface area (Å²) in [5.74, 6) is 1.35. The van der Waals surface area contributed by atoms with Gasteiger partial charge in [-0.2, -0.15) is 5.10 Å². The standard InChI is InChI=1S/C16H18N8OS/c1-11-7-26-16(21-11)22-15(25)12-3-2-4-23(6-12)13-5-14(19-9-18-13)24-10-17-8-20-24/h5,7-10,12H,2-4,6H2,1H3,(H,21,22,25). The number of anilines is 2. The number of carbonyl (C=O) groups is 1. The fourth-order valence-corrected chi connectivity index (χ4v) is 3.67. The van der Waals surface area contributed by atoms with E-state index in [-0.39, 0.29) is 11.8 Å². The van der Waals surface area contributed by atoms with Gasteiger partial charge < -0.3 is 10.2 Å². The van der Waals surface area contributed by atoms with Gasteiger partial charge in [0.25, 0.3) is 0 Å². The second kappa shape index (κ2) is 7.16. The lowest BCUT2D eigenvalue weighted by molar-refractivity contribution is -0.120. The SMILES string of the molecule is Cc1csc(NC(=O)C2CCCN(c3cc(-n4cncn4)ncn3)C2)n1. The predicted molar refractivity (Wildman–Crippen MR) is 97.4 cm³/mol. The highest BCUT2D eigenvalue weighted by atomic mass is 32.1. The summed E-state index contributed by atoms with van der Waals surface area (Å²) in [4.78, 5) is 31.5. The molecule has 3 aromatic heterocycles. The number of carbonyl (C=O) groups excluding carboxylic acids is 1. The van der Waals surface area contributed by atoms with Crippen LogP contribution in [-0.2, 0) is 4.79 Å². The minimum absolute atomic E-state index is 0.00889. The van der Waals surface area contributed by atoms with Gasteiger partial charge in [0.2, 0.25) is 5.91 Å². The zero-order chi connectivity index (χ0) is 17.9. The average molecular weight is 370 g/mol. The summed E-state index contributed by atoms with van der Waals surface area (Å²) in [6.07, 6.45) is 6.34. The highest BCUT2D eigenvalue weighted by Gasteiger charge is 2.27. The maximum Gasteiger partial charge on any atom is 0.231 e. The van der Waals surface area contributed by atoms with E-state index >= 15 is 0 Å². The van der Waals surface area contributed by atoms with Gasteiger partial charge in [-0.15, -0.1) is 11.3 Å². The molecule has 0 saturated carbocycles. The smallest absolute Gasteiger partial charge is 0.231 e. The number of nitrogens with one attached hydrogen (secondary N) is 1. The van der Waals surface area contributed by atoms with Crippen LogP contribution < -0.4 is 10.2 Å². The molecule has 0 spiro atoms. The van der Waals surface area contributed by atoms with Crippen molar-refractivity contribution in [1.29, 1.82) is 0 Å². The Hall–Kier alpha value is -2.88. The van der Waals surface area contributed by atoms with Crippen LogP contribution in [0.25, 0.3) is 5.82 Å². The summed E-state index contributed by atoms with van der Waals surface area (Å²) in [5.41, 5.74) is 0.914. The molecule has 1 N–H and O–H groups in total. The first-order valence-corrected chi connectivity index (χ1v) is 9.22. The maximum absolute atomic E-state index is 12.6. The van der Waals surface area contributed by atoms with Gasteiger partial charge in [-0.25, -0.2) is 24.6 Å². The van der Waals surface area contributed by atoms with Crippen molar-refractivity contribution >= 4 is 28.2 Å². The maximum atomic E-state index is 12.6. The van der Waals surface area contributed by atoms with Gasteiger partial charge in [0.1, 0.15) is 24.8 Å². The number of thiazole rings is 1. The number of nitrogens with zero attached hydrogens (tertiary/aromatic N) is 7. The number of aryl methyl sites for hydroxylation is 1. The van der Waals surface area contributed by atoms with Gasteiger partial charge in [-0.1, -0.05) is 0 Å². The first kappa shape index (κ1) is 16.6.